The molecule has 27 heavy (non-hydrogen) atoms. The van der Waals surface area contributed by atoms with Gasteiger partial charge in [0.1, 0.15) is 5.82 Å². The Morgan fingerprint density at radius 3 is 2.96 bits per heavy atom. The van der Waals surface area contributed by atoms with Gasteiger partial charge in [-0.2, -0.15) is 4.98 Å². The number of hydrogen-bond acceptors (Lipinski definition) is 6. The lowest BCUT2D eigenvalue weighted by Gasteiger charge is -2.06. The molecule has 138 valence electrons. The van der Waals surface area contributed by atoms with Crippen molar-refractivity contribution in [3.63, 3.8) is 0 Å². The zero-order valence-electron chi connectivity index (χ0n) is 14.6. The van der Waals surface area contributed by atoms with E-state index in [9.17, 15) is 9.18 Å². The van der Waals surface area contributed by atoms with Crippen molar-refractivity contribution in [2.45, 2.75) is 30.7 Å². The van der Waals surface area contributed by atoms with E-state index in [0.717, 1.165) is 24.2 Å². The minimum Gasteiger partial charge on any atom is -0.334 e. The summed E-state index contributed by atoms with van der Waals surface area (Å²) >= 11 is 1.28. The zero-order chi connectivity index (χ0) is 18.8. The number of anilines is 1. The van der Waals surface area contributed by atoms with Crippen molar-refractivity contribution in [3.05, 3.63) is 53.7 Å². The molecule has 1 aromatic carbocycles. The van der Waals surface area contributed by atoms with Crippen molar-refractivity contribution in [1.29, 1.82) is 0 Å². The second-order valence-electron chi connectivity index (χ2n) is 6.42. The topological polar surface area (TPSA) is 80.9 Å². The minimum atomic E-state index is -0.347. The normalized spacial score (nSPS) is 13.6. The third-order valence-corrected chi connectivity index (χ3v) is 5.10. The Labute approximate surface area is 159 Å². The van der Waals surface area contributed by atoms with Gasteiger partial charge in [-0.25, -0.2) is 9.37 Å². The maximum atomic E-state index is 13.6. The number of rotatable bonds is 6. The summed E-state index contributed by atoms with van der Waals surface area (Å²) in [4.78, 5) is 20.8. The van der Waals surface area contributed by atoms with Gasteiger partial charge in [-0.15, -0.1) is 0 Å². The number of nitrogens with zero attached hydrogens (tertiary/aromatic N) is 3. The SMILES string of the molecule is Cc1ccc(NC(=O)CSc2cc(-c3nc(C4CC4)no3)ccn2)cc1F. The van der Waals surface area contributed by atoms with Crippen LogP contribution in [0.3, 0.4) is 0 Å². The smallest absolute Gasteiger partial charge is 0.258 e. The van der Waals surface area contributed by atoms with E-state index in [1.165, 1.54) is 17.8 Å². The van der Waals surface area contributed by atoms with Crippen molar-refractivity contribution < 1.29 is 13.7 Å². The number of carbonyl (C=O) groups is 1. The Morgan fingerprint density at radius 2 is 2.19 bits per heavy atom. The molecule has 1 fully saturated rings. The van der Waals surface area contributed by atoms with E-state index >= 15 is 0 Å². The van der Waals surface area contributed by atoms with Gasteiger partial charge >= 0.3 is 0 Å². The Bertz CT molecular complexity index is 987. The number of carbonyl (C=O) groups excluding carboxylic acids is 1. The van der Waals surface area contributed by atoms with E-state index < -0.39 is 0 Å². The molecule has 8 heteroatoms. The molecule has 1 aliphatic carbocycles. The molecular formula is C19H17FN4O2S. The van der Waals surface area contributed by atoms with Crippen LogP contribution in [0.25, 0.3) is 11.5 Å². The highest BCUT2D eigenvalue weighted by Crippen LogP contribution is 2.39. The molecule has 0 unspecified atom stereocenters. The van der Waals surface area contributed by atoms with Crippen LogP contribution >= 0.6 is 11.8 Å². The van der Waals surface area contributed by atoms with Crippen LogP contribution in [0, 0.1) is 12.7 Å². The average molecular weight is 384 g/mol. The van der Waals surface area contributed by atoms with Crippen LogP contribution in [0.2, 0.25) is 0 Å². The Balaban J connectivity index is 1.37. The lowest BCUT2D eigenvalue weighted by atomic mass is 10.2. The standard InChI is InChI=1S/C19H17FN4O2S/c1-11-2-5-14(9-15(11)20)22-16(25)10-27-17-8-13(6-7-21-17)19-23-18(24-26-19)12-3-4-12/h2,5-9,12H,3-4,10H2,1H3,(H,22,25). The molecule has 1 N–H and O–H groups in total. The summed E-state index contributed by atoms with van der Waals surface area (Å²) < 4.78 is 18.9. The number of hydrogen-bond donors (Lipinski definition) is 1. The minimum absolute atomic E-state index is 0.156. The second kappa shape index (κ2) is 7.48. The number of thioether (sulfide) groups is 1. The van der Waals surface area contributed by atoms with Gasteiger partial charge in [0.15, 0.2) is 5.82 Å². The summed E-state index contributed by atoms with van der Waals surface area (Å²) in [5, 5.41) is 7.36. The molecular weight excluding hydrogens is 367 g/mol. The molecule has 1 saturated carbocycles. The summed E-state index contributed by atoms with van der Waals surface area (Å²) in [5.74, 6) is 1.21. The van der Waals surface area contributed by atoms with E-state index in [1.54, 1.807) is 31.3 Å². The summed E-state index contributed by atoms with van der Waals surface area (Å²) in [7, 11) is 0. The number of amides is 1. The molecule has 0 spiro atoms. The molecule has 1 amide bonds. The first-order valence-corrected chi connectivity index (χ1v) is 9.56. The first kappa shape index (κ1) is 17.7. The van der Waals surface area contributed by atoms with Crippen molar-refractivity contribution >= 4 is 23.4 Å². The van der Waals surface area contributed by atoms with Gasteiger partial charge in [-0.3, -0.25) is 4.79 Å². The van der Waals surface area contributed by atoms with Crippen LogP contribution in [-0.4, -0.2) is 26.8 Å². The van der Waals surface area contributed by atoms with Crippen LogP contribution in [0.15, 0.2) is 46.1 Å². The van der Waals surface area contributed by atoms with Gasteiger partial charge in [0, 0.05) is 23.4 Å². The lowest BCUT2D eigenvalue weighted by molar-refractivity contribution is -0.113. The Kier molecular flexibility index (Phi) is 4.89. The molecule has 0 radical (unpaired) electrons. The van der Waals surface area contributed by atoms with Crippen molar-refractivity contribution in [2.75, 3.05) is 11.1 Å². The zero-order valence-corrected chi connectivity index (χ0v) is 15.4. The highest BCUT2D eigenvalue weighted by molar-refractivity contribution is 7.99. The van der Waals surface area contributed by atoms with Crippen molar-refractivity contribution in [1.82, 2.24) is 15.1 Å². The molecule has 2 aromatic heterocycles. The predicted molar refractivity (Wildman–Crippen MR) is 100.0 cm³/mol. The number of aromatic nitrogens is 3. The van der Waals surface area contributed by atoms with E-state index in [1.807, 2.05) is 6.07 Å². The summed E-state index contributed by atoms with van der Waals surface area (Å²) in [6.45, 7) is 1.67. The van der Waals surface area contributed by atoms with Gasteiger partial charge in [0.05, 0.1) is 10.8 Å². The lowest BCUT2D eigenvalue weighted by Crippen LogP contribution is -2.14. The molecule has 4 rings (SSSR count). The Hall–Kier alpha value is -2.74. The van der Waals surface area contributed by atoms with Crippen LogP contribution in [0.5, 0.6) is 0 Å². The van der Waals surface area contributed by atoms with Crippen molar-refractivity contribution in [3.8, 4) is 11.5 Å². The van der Waals surface area contributed by atoms with E-state index in [0.29, 0.717) is 28.1 Å². The highest BCUT2D eigenvalue weighted by Gasteiger charge is 2.29. The average Bonchev–Trinajstić information content (AvgIpc) is 3.40. The molecule has 1 aliphatic rings. The molecule has 6 nitrogen and oxygen atoms in total. The molecule has 0 aliphatic heterocycles. The highest BCUT2D eigenvalue weighted by atomic mass is 32.2. The quantitative estimate of drug-likeness (QED) is 0.642. The molecule has 0 atom stereocenters. The second-order valence-corrected chi connectivity index (χ2v) is 7.41. The number of benzene rings is 1. The molecule has 0 bridgehead atoms. The number of aryl methyl sites for hydroxylation is 1. The van der Waals surface area contributed by atoms with E-state index in [4.69, 9.17) is 4.52 Å². The maximum Gasteiger partial charge on any atom is 0.258 e. The fourth-order valence-corrected chi connectivity index (χ4v) is 3.18. The molecule has 3 aromatic rings. The van der Waals surface area contributed by atoms with Gasteiger partial charge < -0.3 is 9.84 Å². The summed E-state index contributed by atoms with van der Waals surface area (Å²) in [5.41, 5.74) is 1.74. The largest absolute Gasteiger partial charge is 0.334 e. The monoisotopic (exact) mass is 384 g/mol. The first-order chi connectivity index (χ1) is 13.1. The number of pyridine rings is 1. The molecule has 2 heterocycles. The maximum absolute atomic E-state index is 13.6. The predicted octanol–water partition coefficient (Wildman–Crippen LogP) is 4.19. The van der Waals surface area contributed by atoms with Crippen LogP contribution in [0.4, 0.5) is 10.1 Å². The fourth-order valence-electron chi connectivity index (χ4n) is 2.49. The van der Waals surface area contributed by atoms with Gasteiger partial charge in [0.2, 0.25) is 5.91 Å². The van der Waals surface area contributed by atoms with E-state index in [2.05, 4.69) is 20.4 Å². The third kappa shape index (κ3) is 4.33. The van der Waals surface area contributed by atoms with Gasteiger partial charge in [-0.05, 0) is 49.6 Å². The van der Waals surface area contributed by atoms with Crippen molar-refractivity contribution in [2.24, 2.45) is 0 Å². The van der Waals surface area contributed by atoms with Gasteiger partial charge in [-0.1, -0.05) is 23.0 Å². The van der Waals surface area contributed by atoms with Crippen LogP contribution in [-0.2, 0) is 4.79 Å². The van der Waals surface area contributed by atoms with Crippen LogP contribution < -0.4 is 5.32 Å². The van der Waals surface area contributed by atoms with Crippen LogP contribution in [0.1, 0.15) is 30.1 Å². The summed E-state index contributed by atoms with van der Waals surface area (Å²) in [6, 6.07) is 8.22. The first-order valence-electron chi connectivity index (χ1n) is 8.57. The molecule has 0 saturated heterocycles. The Morgan fingerprint density at radius 1 is 1.33 bits per heavy atom. The summed E-state index contributed by atoms with van der Waals surface area (Å²) in [6.07, 6.45) is 3.86. The number of halogens is 1. The van der Waals surface area contributed by atoms with E-state index in [-0.39, 0.29) is 17.5 Å². The van der Waals surface area contributed by atoms with Gasteiger partial charge in [0.25, 0.3) is 5.89 Å². The fraction of sp³-hybridized carbons (Fsp3) is 0.263. The number of nitrogens with one attached hydrogen (secondary N) is 1. The third-order valence-electron chi connectivity index (χ3n) is 4.17.